The molecule has 0 fully saturated rings. The van der Waals surface area contributed by atoms with Crippen molar-refractivity contribution in [3.63, 3.8) is 0 Å². The molecule has 0 aromatic heterocycles. The molecule has 0 aliphatic carbocycles. The van der Waals surface area contributed by atoms with Gasteiger partial charge in [-0.25, -0.2) is 0 Å². The monoisotopic (exact) mass is 296 g/mol. The van der Waals surface area contributed by atoms with Crippen LogP contribution in [0.15, 0.2) is 42.0 Å². The summed E-state index contributed by atoms with van der Waals surface area (Å²) < 4.78 is 6.13. The summed E-state index contributed by atoms with van der Waals surface area (Å²) in [6.45, 7) is 11.8. The second kappa shape index (κ2) is 4.77. The zero-order valence-corrected chi connectivity index (χ0v) is 14.0. The van der Waals surface area contributed by atoms with Crippen molar-refractivity contribution in [2.24, 2.45) is 10.8 Å². The average molecular weight is 296 g/mol. The van der Waals surface area contributed by atoms with Gasteiger partial charge in [0.15, 0.2) is 0 Å². The van der Waals surface area contributed by atoms with Crippen LogP contribution in [0.4, 0.5) is 0 Å². The lowest BCUT2D eigenvalue weighted by atomic mass is 9.71. The van der Waals surface area contributed by atoms with Gasteiger partial charge in [0.1, 0.15) is 11.5 Å². The quantitative estimate of drug-likeness (QED) is 0.767. The predicted molar refractivity (Wildman–Crippen MR) is 91.7 cm³/mol. The minimum Gasteiger partial charge on any atom is -0.508 e. The second-order valence-corrected chi connectivity index (χ2v) is 7.84. The first-order valence-corrected chi connectivity index (χ1v) is 7.80. The minimum atomic E-state index is 0.000146. The van der Waals surface area contributed by atoms with E-state index in [-0.39, 0.29) is 16.6 Å². The van der Waals surface area contributed by atoms with E-state index in [1.54, 1.807) is 6.07 Å². The first-order valence-electron chi connectivity index (χ1n) is 7.80. The molecule has 3 rings (SSSR count). The van der Waals surface area contributed by atoms with Gasteiger partial charge in [0, 0.05) is 11.0 Å². The second-order valence-electron chi connectivity index (χ2n) is 7.84. The van der Waals surface area contributed by atoms with Crippen molar-refractivity contribution in [2.45, 2.75) is 34.6 Å². The summed E-state index contributed by atoms with van der Waals surface area (Å²) in [7, 11) is 0. The lowest BCUT2D eigenvalue weighted by molar-refractivity contribution is 0.213. The van der Waals surface area contributed by atoms with Crippen LogP contribution in [0.25, 0.3) is 16.5 Å². The Bertz CT molecular complexity index is 761. The molecule has 1 aliphatic rings. The van der Waals surface area contributed by atoms with E-state index < -0.39 is 0 Å². The lowest BCUT2D eigenvalue weighted by Crippen LogP contribution is -2.24. The van der Waals surface area contributed by atoms with E-state index in [1.807, 2.05) is 24.3 Å². The number of ether oxygens (including phenoxy) is 1. The summed E-state index contributed by atoms with van der Waals surface area (Å²) >= 11 is 0. The molecule has 116 valence electrons. The molecule has 2 heteroatoms. The van der Waals surface area contributed by atoms with E-state index in [0.29, 0.717) is 6.61 Å². The summed E-state index contributed by atoms with van der Waals surface area (Å²) in [4.78, 5) is 0. The number of phenolic OH excluding ortho intramolecular Hbond substituents is 1. The Morgan fingerprint density at radius 2 is 1.77 bits per heavy atom. The number of fused-ring (bicyclic) bond motifs is 1. The van der Waals surface area contributed by atoms with Crippen molar-refractivity contribution in [1.29, 1.82) is 0 Å². The van der Waals surface area contributed by atoms with Crippen LogP contribution in [0.5, 0.6) is 5.75 Å². The van der Waals surface area contributed by atoms with Crippen LogP contribution in [0.1, 0.15) is 40.2 Å². The predicted octanol–water partition coefficient (Wildman–Crippen LogP) is 5.36. The van der Waals surface area contributed by atoms with E-state index in [0.717, 1.165) is 22.1 Å². The van der Waals surface area contributed by atoms with Crippen LogP contribution in [0.2, 0.25) is 0 Å². The Morgan fingerprint density at radius 1 is 1.09 bits per heavy atom. The van der Waals surface area contributed by atoms with Crippen molar-refractivity contribution in [1.82, 2.24) is 0 Å². The Labute approximate surface area is 132 Å². The third-order valence-corrected chi connectivity index (χ3v) is 4.32. The first-order chi connectivity index (χ1) is 10.2. The molecule has 0 saturated carbocycles. The van der Waals surface area contributed by atoms with Gasteiger partial charge in [0.05, 0.1) is 6.61 Å². The SMILES string of the molecule is CC(C)(C)C1=C(c2cc(O)cc3ccccc23)OCC1(C)C. The maximum Gasteiger partial charge on any atom is 0.127 e. The van der Waals surface area contributed by atoms with Crippen LogP contribution in [-0.4, -0.2) is 11.7 Å². The number of aromatic hydroxyl groups is 1. The van der Waals surface area contributed by atoms with Crippen LogP contribution in [0.3, 0.4) is 0 Å². The Kier molecular flexibility index (Phi) is 3.24. The van der Waals surface area contributed by atoms with Gasteiger partial charge < -0.3 is 9.84 Å². The molecule has 1 heterocycles. The average Bonchev–Trinajstić information content (AvgIpc) is 2.73. The van der Waals surface area contributed by atoms with Gasteiger partial charge in [-0.3, -0.25) is 0 Å². The number of benzene rings is 2. The summed E-state index contributed by atoms with van der Waals surface area (Å²) in [5.74, 6) is 1.22. The fourth-order valence-electron chi connectivity index (χ4n) is 3.76. The molecule has 2 aromatic carbocycles. The van der Waals surface area contributed by atoms with Crippen LogP contribution in [-0.2, 0) is 4.74 Å². The van der Waals surface area contributed by atoms with E-state index >= 15 is 0 Å². The number of hydrogen-bond acceptors (Lipinski definition) is 2. The van der Waals surface area contributed by atoms with E-state index in [1.165, 1.54) is 5.57 Å². The van der Waals surface area contributed by atoms with Gasteiger partial charge >= 0.3 is 0 Å². The molecular formula is C20H24O2. The highest BCUT2D eigenvalue weighted by molar-refractivity contribution is 5.95. The molecule has 22 heavy (non-hydrogen) atoms. The van der Waals surface area contributed by atoms with Crippen LogP contribution < -0.4 is 0 Å². The van der Waals surface area contributed by atoms with Crippen molar-refractivity contribution in [3.8, 4) is 5.75 Å². The number of phenols is 1. The molecule has 0 amide bonds. The highest BCUT2D eigenvalue weighted by Crippen LogP contribution is 2.50. The normalized spacial score (nSPS) is 17.9. The van der Waals surface area contributed by atoms with E-state index in [2.05, 4.69) is 40.7 Å². The molecule has 1 aliphatic heterocycles. The highest BCUT2D eigenvalue weighted by atomic mass is 16.5. The maximum atomic E-state index is 10.1. The van der Waals surface area contributed by atoms with Crippen molar-refractivity contribution in [2.75, 3.05) is 6.61 Å². The van der Waals surface area contributed by atoms with Gasteiger partial charge in [0.2, 0.25) is 0 Å². The largest absolute Gasteiger partial charge is 0.508 e. The topological polar surface area (TPSA) is 29.5 Å². The summed E-state index contributed by atoms with van der Waals surface area (Å²) in [6.07, 6.45) is 0. The van der Waals surface area contributed by atoms with Crippen molar-refractivity contribution in [3.05, 3.63) is 47.5 Å². The zero-order chi connectivity index (χ0) is 16.1. The standard InChI is InChI=1S/C20H24O2/c1-19(2,3)18-17(22-12-20(18,4)5)16-11-14(21)10-13-8-6-7-9-15(13)16/h6-11,21H,12H2,1-5H3. The lowest BCUT2D eigenvalue weighted by Gasteiger charge is -2.31. The fourth-order valence-corrected chi connectivity index (χ4v) is 3.76. The molecule has 0 radical (unpaired) electrons. The maximum absolute atomic E-state index is 10.1. The third-order valence-electron chi connectivity index (χ3n) is 4.32. The van der Waals surface area contributed by atoms with Crippen molar-refractivity contribution < 1.29 is 9.84 Å². The van der Waals surface area contributed by atoms with Gasteiger partial charge in [-0.15, -0.1) is 0 Å². The molecule has 0 atom stereocenters. The molecule has 0 bridgehead atoms. The summed E-state index contributed by atoms with van der Waals surface area (Å²) in [5.41, 5.74) is 2.32. The minimum absolute atomic E-state index is 0.000146. The zero-order valence-electron chi connectivity index (χ0n) is 14.0. The molecule has 0 unspecified atom stereocenters. The smallest absolute Gasteiger partial charge is 0.127 e. The third kappa shape index (κ3) is 2.37. The van der Waals surface area contributed by atoms with Gasteiger partial charge in [-0.2, -0.15) is 0 Å². The fraction of sp³-hybridized carbons (Fsp3) is 0.400. The number of hydrogen-bond donors (Lipinski definition) is 1. The summed E-state index contributed by atoms with van der Waals surface area (Å²) in [6, 6.07) is 11.8. The van der Waals surface area contributed by atoms with Gasteiger partial charge in [-0.1, -0.05) is 58.9 Å². The molecule has 2 aromatic rings. The Hall–Kier alpha value is -1.96. The molecular weight excluding hydrogens is 272 g/mol. The van der Waals surface area contributed by atoms with Gasteiger partial charge in [-0.05, 0) is 33.9 Å². The van der Waals surface area contributed by atoms with Gasteiger partial charge in [0.25, 0.3) is 0 Å². The first kappa shape index (κ1) is 15.0. The van der Waals surface area contributed by atoms with Crippen LogP contribution in [0, 0.1) is 10.8 Å². The molecule has 1 N–H and O–H groups in total. The molecule has 0 saturated heterocycles. The van der Waals surface area contributed by atoms with E-state index in [9.17, 15) is 5.11 Å². The molecule has 2 nitrogen and oxygen atoms in total. The summed E-state index contributed by atoms with van der Waals surface area (Å²) in [5, 5.41) is 12.3. The Balaban J connectivity index is 2.35. The van der Waals surface area contributed by atoms with E-state index in [4.69, 9.17) is 4.74 Å². The Morgan fingerprint density at radius 3 is 2.45 bits per heavy atom. The van der Waals surface area contributed by atoms with Crippen LogP contribution >= 0.6 is 0 Å². The van der Waals surface area contributed by atoms with Crippen molar-refractivity contribution >= 4 is 16.5 Å². The number of rotatable bonds is 1. The molecule has 0 spiro atoms. The highest BCUT2D eigenvalue weighted by Gasteiger charge is 2.41.